The molecule has 70 heavy (non-hydrogen) atoms. The first-order valence-electron chi connectivity index (χ1n) is 23.5. The minimum Gasteiger partial charge on any atom is -0.456 e. The van der Waals surface area contributed by atoms with Crippen molar-refractivity contribution >= 4 is 87.6 Å². The lowest BCUT2D eigenvalue weighted by molar-refractivity contribution is 0.668. The van der Waals surface area contributed by atoms with Gasteiger partial charge in [-0.1, -0.05) is 133 Å². The van der Waals surface area contributed by atoms with Crippen LogP contribution < -0.4 is 0 Å². The van der Waals surface area contributed by atoms with Gasteiger partial charge in [0, 0.05) is 65.5 Å². The Balaban J connectivity index is 0.853. The van der Waals surface area contributed by atoms with Crippen molar-refractivity contribution in [1.29, 1.82) is 0 Å². The third-order valence-corrected chi connectivity index (χ3v) is 14.0. The molecule has 0 bridgehead atoms. The van der Waals surface area contributed by atoms with Gasteiger partial charge >= 0.3 is 0 Å². The van der Waals surface area contributed by atoms with Crippen molar-refractivity contribution in [2.75, 3.05) is 0 Å². The number of nitrogens with zero attached hydrogens (tertiary/aromatic N) is 3. The van der Waals surface area contributed by atoms with E-state index in [1.54, 1.807) is 0 Å². The number of hydrogen-bond donors (Lipinski definition) is 0. The molecule has 0 amide bonds. The Morgan fingerprint density at radius 1 is 0.286 bits per heavy atom. The largest absolute Gasteiger partial charge is 0.456 e. The Bertz CT molecular complexity index is 4590. The Hall–Kier alpha value is -9.52. The molecule has 0 spiro atoms. The molecule has 0 aliphatic heterocycles. The Labute approximate surface area is 399 Å². The molecule has 0 atom stereocenters. The van der Waals surface area contributed by atoms with E-state index in [0.29, 0.717) is 5.82 Å². The molecule has 0 N–H and O–H groups in total. The van der Waals surface area contributed by atoms with E-state index in [-0.39, 0.29) is 0 Å². The second-order valence-corrected chi connectivity index (χ2v) is 18.0. The van der Waals surface area contributed by atoms with Gasteiger partial charge in [0.2, 0.25) is 0 Å². The van der Waals surface area contributed by atoms with Crippen LogP contribution in [0.15, 0.2) is 238 Å². The molecule has 6 heteroatoms. The molecule has 0 radical (unpaired) electrons. The van der Waals surface area contributed by atoms with Gasteiger partial charge in [0.05, 0.1) is 22.4 Å². The maximum absolute atomic E-state index is 6.71. The summed E-state index contributed by atoms with van der Waals surface area (Å²) in [4.78, 5) is 10.4. The molecule has 10 aromatic carbocycles. The molecular formula is C64H37N3O3. The summed E-state index contributed by atoms with van der Waals surface area (Å²) >= 11 is 0. The van der Waals surface area contributed by atoms with E-state index in [0.717, 1.165) is 122 Å². The van der Waals surface area contributed by atoms with Gasteiger partial charge in [0.1, 0.15) is 33.5 Å². The summed E-state index contributed by atoms with van der Waals surface area (Å²) in [5, 5.41) is 8.75. The SMILES string of the molecule is c1ccc(-c2nc(-c3ccc4c(c3)oc3ccccc34)cc(-c3cccc4oc5ccc(-c6cccc7oc8cc(-c9ccc%10c(c9)c9ccccc9n%10-c9ccccc9)ccc8c67)cc5c34)n2)cc1. The highest BCUT2D eigenvalue weighted by molar-refractivity contribution is 6.17. The highest BCUT2D eigenvalue weighted by Gasteiger charge is 2.21. The van der Waals surface area contributed by atoms with E-state index in [2.05, 4.69) is 180 Å². The third kappa shape index (κ3) is 5.93. The van der Waals surface area contributed by atoms with Crippen LogP contribution in [0.2, 0.25) is 0 Å². The van der Waals surface area contributed by atoms with Gasteiger partial charge in [-0.05, 0) is 113 Å². The molecule has 6 nitrogen and oxygen atoms in total. The van der Waals surface area contributed by atoms with Crippen LogP contribution in [0.3, 0.4) is 0 Å². The van der Waals surface area contributed by atoms with Crippen LogP contribution in [0.1, 0.15) is 0 Å². The minimum absolute atomic E-state index is 0.640. The maximum atomic E-state index is 6.71. The molecule has 15 aromatic rings. The van der Waals surface area contributed by atoms with E-state index >= 15 is 0 Å². The molecule has 0 aliphatic carbocycles. The van der Waals surface area contributed by atoms with Gasteiger partial charge in [0.25, 0.3) is 0 Å². The Morgan fingerprint density at radius 2 is 0.843 bits per heavy atom. The minimum atomic E-state index is 0.640. The van der Waals surface area contributed by atoms with Crippen LogP contribution in [0, 0.1) is 0 Å². The highest BCUT2D eigenvalue weighted by atomic mass is 16.3. The predicted molar refractivity (Wildman–Crippen MR) is 285 cm³/mol. The van der Waals surface area contributed by atoms with Crippen molar-refractivity contribution in [3.05, 3.63) is 224 Å². The van der Waals surface area contributed by atoms with Crippen LogP contribution in [0.4, 0.5) is 0 Å². The summed E-state index contributed by atoms with van der Waals surface area (Å²) in [5.74, 6) is 0.640. The number of benzene rings is 10. The van der Waals surface area contributed by atoms with Crippen LogP contribution >= 0.6 is 0 Å². The van der Waals surface area contributed by atoms with Crippen LogP contribution in [0.5, 0.6) is 0 Å². The molecule has 5 aromatic heterocycles. The predicted octanol–water partition coefficient (Wildman–Crippen LogP) is 17.6. The summed E-state index contributed by atoms with van der Waals surface area (Å²) in [6, 6.07) is 78.4. The molecule has 15 rings (SSSR count). The van der Waals surface area contributed by atoms with E-state index < -0.39 is 0 Å². The lowest BCUT2D eigenvalue weighted by Gasteiger charge is -2.10. The monoisotopic (exact) mass is 895 g/mol. The van der Waals surface area contributed by atoms with E-state index in [1.807, 2.05) is 48.5 Å². The van der Waals surface area contributed by atoms with Gasteiger partial charge in [0.15, 0.2) is 5.82 Å². The molecule has 0 saturated carbocycles. The van der Waals surface area contributed by atoms with Crippen molar-refractivity contribution in [3.8, 4) is 61.8 Å². The van der Waals surface area contributed by atoms with Gasteiger partial charge in [-0.25, -0.2) is 9.97 Å². The number of aromatic nitrogens is 3. The second-order valence-electron chi connectivity index (χ2n) is 18.0. The summed E-state index contributed by atoms with van der Waals surface area (Å²) in [6.07, 6.45) is 0. The third-order valence-electron chi connectivity index (χ3n) is 14.0. The second kappa shape index (κ2) is 15.0. The first kappa shape index (κ1) is 38.6. The van der Waals surface area contributed by atoms with Crippen molar-refractivity contribution in [2.24, 2.45) is 0 Å². The fraction of sp³-hybridized carbons (Fsp3) is 0. The highest BCUT2D eigenvalue weighted by Crippen LogP contribution is 2.44. The number of hydrogen-bond acceptors (Lipinski definition) is 5. The Kier molecular flexibility index (Phi) is 8.26. The first-order valence-corrected chi connectivity index (χ1v) is 23.5. The van der Waals surface area contributed by atoms with Gasteiger partial charge < -0.3 is 17.8 Å². The molecule has 0 unspecified atom stereocenters. The van der Waals surface area contributed by atoms with Crippen LogP contribution in [-0.2, 0) is 0 Å². The summed E-state index contributed by atoms with van der Waals surface area (Å²) in [5.41, 5.74) is 17.3. The van der Waals surface area contributed by atoms with E-state index in [1.165, 1.54) is 21.8 Å². The topological polar surface area (TPSA) is 70.1 Å². The molecular weight excluding hydrogens is 859 g/mol. The van der Waals surface area contributed by atoms with Crippen molar-refractivity contribution in [3.63, 3.8) is 0 Å². The van der Waals surface area contributed by atoms with Crippen molar-refractivity contribution in [2.45, 2.75) is 0 Å². The number of fused-ring (bicyclic) bond motifs is 12. The first-order chi connectivity index (χ1) is 34.7. The molecule has 0 aliphatic rings. The van der Waals surface area contributed by atoms with Crippen LogP contribution in [0.25, 0.3) is 149 Å². The zero-order valence-corrected chi connectivity index (χ0v) is 37.4. The average molecular weight is 896 g/mol. The fourth-order valence-corrected chi connectivity index (χ4v) is 10.8. The zero-order valence-electron chi connectivity index (χ0n) is 37.4. The number of rotatable bonds is 6. The molecule has 5 heterocycles. The van der Waals surface area contributed by atoms with Gasteiger partial charge in [-0.3, -0.25) is 0 Å². The lowest BCUT2D eigenvalue weighted by Crippen LogP contribution is -1.96. The molecule has 326 valence electrons. The zero-order chi connectivity index (χ0) is 45.9. The van der Waals surface area contributed by atoms with Crippen molar-refractivity contribution < 1.29 is 13.3 Å². The lowest BCUT2D eigenvalue weighted by atomic mass is 9.95. The molecule has 0 saturated heterocycles. The maximum Gasteiger partial charge on any atom is 0.160 e. The fourth-order valence-electron chi connectivity index (χ4n) is 10.8. The standard InChI is InChI=1S/C64H37N3O3/c1-3-13-38(14-4-1)64-65-52(42-26-29-47-46-18-8-10-22-56(46)69-60(47)36-42)37-53(66-64)48-20-12-24-59-63(48)51-34-41(28-32-57(51)68-59)44-19-11-23-58-62(44)49-30-25-40(35-61(49)70-58)39-27-31-55-50(33-39)45-17-7-9-21-54(45)67(55)43-15-5-2-6-16-43/h1-37H. The van der Waals surface area contributed by atoms with Crippen LogP contribution in [-0.4, -0.2) is 14.5 Å². The number of furan rings is 3. The molecule has 0 fully saturated rings. The summed E-state index contributed by atoms with van der Waals surface area (Å²) in [7, 11) is 0. The quantitative estimate of drug-likeness (QED) is 0.166. The Morgan fingerprint density at radius 3 is 1.71 bits per heavy atom. The van der Waals surface area contributed by atoms with Crippen molar-refractivity contribution in [1.82, 2.24) is 14.5 Å². The van der Waals surface area contributed by atoms with Gasteiger partial charge in [-0.2, -0.15) is 0 Å². The number of para-hydroxylation sites is 3. The smallest absolute Gasteiger partial charge is 0.160 e. The summed E-state index contributed by atoms with van der Waals surface area (Å²) in [6.45, 7) is 0. The average Bonchev–Trinajstić information content (AvgIpc) is 4.19. The summed E-state index contributed by atoms with van der Waals surface area (Å²) < 4.78 is 22.0. The van der Waals surface area contributed by atoms with E-state index in [4.69, 9.17) is 23.2 Å². The van der Waals surface area contributed by atoms with E-state index in [9.17, 15) is 0 Å². The van der Waals surface area contributed by atoms with Gasteiger partial charge in [-0.15, -0.1) is 0 Å². The normalized spacial score (nSPS) is 12.0.